The Morgan fingerprint density at radius 2 is 2.05 bits per heavy atom. The predicted molar refractivity (Wildman–Crippen MR) is 86.5 cm³/mol. The Labute approximate surface area is 136 Å². The van der Waals surface area contributed by atoms with E-state index >= 15 is 0 Å². The van der Waals surface area contributed by atoms with E-state index in [1.165, 1.54) is 0 Å². The first-order chi connectivity index (χ1) is 10.4. The quantitative estimate of drug-likeness (QED) is 0.705. The van der Waals surface area contributed by atoms with Crippen molar-refractivity contribution in [1.29, 1.82) is 0 Å². The van der Waals surface area contributed by atoms with E-state index in [0.29, 0.717) is 24.5 Å². The zero-order chi connectivity index (χ0) is 16.7. The van der Waals surface area contributed by atoms with Gasteiger partial charge in [-0.1, -0.05) is 20.8 Å². The van der Waals surface area contributed by atoms with Gasteiger partial charge in [-0.05, 0) is 18.8 Å². The van der Waals surface area contributed by atoms with Gasteiger partial charge in [-0.25, -0.2) is 0 Å². The molecule has 0 bridgehead atoms. The molecule has 0 saturated carbocycles. The lowest BCUT2D eigenvalue weighted by molar-refractivity contribution is -0.143. The number of aliphatic carboxylic acids is 1. The highest BCUT2D eigenvalue weighted by Gasteiger charge is 2.34. The molecule has 2 unspecified atom stereocenters. The fourth-order valence-corrected chi connectivity index (χ4v) is 3.63. The van der Waals surface area contributed by atoms with Gasteiger partial charge in [0.2, 0.25) is 11.8 Å². The average molecular weight is 330 g/mol. The van der Waals surface area contributed by atoms with Gasteiger partial charge < -0.3 is 15.3 Å². The molecule has 2 N–H and O–H groups in total. The Hall–Kier alpha value is -1.24. The maximum Gasteiger partial charge on any atom is 0.308 e. The number of nitrogens with zero attached hydrogens (tertiary/aromatic N) is 1. The summed E-state index contributed by atoms with van der Waals surface area (Å²) in [4.78, 5) is 37.1. The molecule has 0 radical (unpaired) electrons. The molecule has 126 valence electrons. The lowest BCUT2D eigenvalue weighted by Gasteiger charge is -2.24. The fourth-order valence-electron chi connectivity index (χ4n) is 2.45. The number of amides is 2. The average Bonchev–Trinajstić information content (AvgIpc) is 2.92. The van der Waals surface area contributed by atoms with Gasteiger partial charge in [0.05, 0.1) is 11.8 Å². The highest BCUT2D eigenvalue weighted by Crippen LogP contribution is 2.22. The smallest absolute Gasteiger partial charge is 0.308 e. The van der Waals surface area contributed by atoms with Crippen molar-refractivity contribution in [2.75, 3.05) is 18.2 Å². The van der Waals surface area contributed by atoms with E-state index in [4.69, 9.17) is 0 Å². The van der Waals surface area contributed by atoms with E-state index in [1.54, 1.807) is 16.7 Å². The summed E-state index contributed by atoms with van der Waals surface area (Å²) < 4.78 is 0. The molecule has 0 aliphatic carbocycles. The molecule has 7 heteroatoms. The normalized spacial score (nSPS) is 19.3. The lowest BCUT2D eigenvalue weighted by Crippen LogP contribution is -2.48. The number of nitrogens with one attached hydrogen (secondary N) is 1. The lowest BCUT2D eigenvalue weighted by atomic mass is 9.97. The summed E-state index contributed by atoms with van der Waals surface area (Å²) in [6.45, 7) is 5.95. The Balaban J connectivity index is 2.56. The SMILES string of the molecule is CCCC(=O)N1CSCC1C(=O)NCC(CC(C)C)C(=O)O. The molecule has 2 amide bonds. The number of thioether (sulfide) groups is 1. The maximum absolute atomic E-state index is 12.3. The van der Waals surface area contributed by atoms with Crippen LogP contribution in [0.5, 0.6) is 0 Å². The van der Waals surface area contributed by atoms with Gasteiger partial charge in [-0.3, -0.25) is 14.4 Å². The Morgan fingerprint density at radius 3 is 2.59 bits per heavy atom. The van der Waals surface area contributed by atoms with Crippen LogP contribution in [-0.4, -0.2) is 52.0 Å². The van der Waals surface area contributed by atoms with Gasteiger partial charge in [0.15, 0.2) is 0 Å². The highest BCUT2D eigenvalue weighted by atomic mass is 32.2. The van der Waals surface area contributed by atoms with Crippen LogP contribution in [0.3, 0.4) is 0 Å². The number of carbonyl (C=O) groups is 3. The van der Waals surface area contributed by atoms with Crippen LogP contribution >= 0.6 is 11.8 Å². The van der Waals surface area contributed by atoms with Crippen molar-refractivity contribution >= 4 is 29.5 Å². The van der Waals surface area contributed by atoms with Gasteiger partial charge in [0.25, 0.3) is 0 Å². The summed E-state index contributed by atoms with van der Waals surface area (Å²) in [6.07, 6.45) is 1.72. The van der Waals surface area contributed by atoms with Crippen molar-refractivity contribution in [3.8, 4) is 0 Å². The molecular weight excluding hydrogens is 304 g/mol. The molecule has 22 heavy (non-hydrogen) atoms. The minimum Gasteiger partial charge on any atom is -0.481 e. The topological polar surface area (TPSA) is 86.7 Å². The number of hydrogen-bond acceptors (Lipinski definition) is 4. The van der Waals surface area contributed by atoms with Gasteiger partial charge >= 0.3 is 5.97 Å². The molecule has 6 nitrogen and oxygen atoms in total. The first-order valence-corrected chi connectivity index (χ1v) is 8.90. The Bertz CT molecular complexity index is 414. The number of carboxylic acid groups (broad SMARTS) is 1. The molecule has 1 saturated heterocycles. The van der Waals surface area contributed by atoms with E-state index in [0.717, 1.165) is 6.42 Å². The van der Waals surface area contributed by atoms with E-state index in [2.05, 4.69) is 5.32 Å². The number of hydrogen-bond donors (Lipinski definition) is 2. The molecule has 0 aromatic heterocycles. The van der Waals surface area contributed by atoms with Gasteiger partial charge in [0, 0.05) is 18.7 Å². The monoisotopic (exact) mass is 330 g/mol. The van der Waals surface area contributed by atoms with Gasteiger partial charge in [-0.15, -0.1) is 11.8 Å². The molecule has 1 aliphatic heterocycles. The predicted octanol–water partition coefficient (Wildman–Crippen LogP) is 1.55. The molecule has 1 aliphatic rings. The fraction of sp³-hybridized carbons (Fsp3) is 0.800. The van der Waals surface area contributed by atoms with Crippen LogP contribution in [0.25, 0.3) is 0 Å². The van der Waals surface area contributed by atoms with Crippen LogP contribution in [-0.2, 0) is 14.4 Å². The van der Waals surface area contributed by atoms with Crippen molar-refractivity contribution in [1.82, 2.24) is 10.2 Å². The summed E-state index contributed by atoms with van der Waals surface area (Å²) in [5, 5.41) is 11.9. The van der Waals surface area contributed by atoms with E-state index in [1.807, 2.05) is 20.8 Å². The van der Waals surface area contributed by atoms with E-state index < -0.39 is 17.9 Å². The van der Waals surface area contributed by atoms with Crippen LogP contribution in [0.1, 0.15) is 40.0 Å². The number of rotatable bonds is 8. The van der Waals surface area contributed by atoms with Crippen molar-refractivity contribution in [2.45, 2.75) is 46.1 Å². The van der Waals surface area contributed by atoms with Crippen LogP contribution in [0.2, 0.25) is 0 Å². The van der Waals surface area contributed by atoms with Crippen molar-refractivity contribution < 1.29 is 19.5 Å². The van der Waals surface area contributed by atoms with Crippen LogP contribution < -0.4 is 5.32 Å². The van der Waals surface area contributed by atoms with Gasteiger partial charge in [-0.2, -0.15) is 0 Å². The van der Waals surface area contributed by atoms with Crippen LogP contribution in [0, 0.1) is 11.8 Å². The number of carboxylic acids is 1. The zero-order valence-electron chi connectivity index (χ0n) is 13.5. The third-order valence-electron chi connectivity index (χ3n) is 3.60. The second kappa shape index (κ2) is 9.02. The van der Waals surface area contributed by atoms with Crippen LogP contribution in [0.4, 0.5) is 0 Å². The molecule has 1 rings (SSSR count). The summed E-state index contributed by atoms with van der Waals surface area (Å²) in [5.74, 6) is -0.377. The van der Waals surface area contributed by atoms with Gasteiger partial charge in [0.1, 0.15) is 6.04 Å². The second-order valence-electron chi connectivity index (χ2n) is 6.04. The summed E-state index contributed by atoms with van der Waals surface area (Å²) in [6, 6.07) is -0.474. The third-order valence-corrected chi connectivity index (χ3v) is 4.61. The van der Waals surface area contributed by atoms with Crippen molar-refractivity contribution in [2.24, 2.45) is 11.8 Å². The molecule has 1 fully saturated rings. The summed E-state index contributed by atoms with van der Waals surface area (Å²) in [5.41, 5.74) is 0. The van der Waals surface area contributed by atoms with E-state index in [9.17, 15) is 19.5 Å². The summed E-state index contributed by atoms with van der Waals surface area (Å²) >= 11 is 1.55. The van der Waals surface area contributed by atoms with E-state index in [-0.39, 0.29) is 24.3 Å². The standard InChI is InChI=1S/C15H26N2O4S/c1-4-5-13(18)17-9-22-8-12(17)14(19)16-7-11(15(20)21)6-10(2)3/h10-12H,4-9H2,1-3H3,(H,16,19)(H,20,21). The zero-order valence-corrected chi connectivity index (χ0v) is 14.3. The maximum atomic E-state index is 12.3. The third kappa shape index (κ3) is 5.51. The molecular formula is C15H26N2O4S. The molecule has 0 aromatic carbocycles. The minimum atomic E-state index is -0.895. The van der Waals surface area contributed by atoms with Crippen LogP contribution in [0.15, 0.2) is 0 Å². The Morgan fingerprint density at radius 1 is 1.36 bits per heavy atom. The minimum absolute atomic E-state index is 0.00962. The number of carbonyl (C=O) groups excluding carboxylic acids is 2. The Kier molecular flexibility index (Phi) is 7.72. The van der Waals surface area contributed by atoms with Crippen molar-refractivity contribution in [3.05, 3.63) is 0 Å². The van der Waals surface area contributed by atoms with Crippen molar-refractivity contribution in [3.63, 3.8) is 0 Å². The summed E-state index contributed by atoms with van der Waals surface area (Å²) in [7, 11) is 0. The molecule has 0 aromatic rings. The first-order valence-electron chi connectivity index (χ1n) is 7.74. The largest absolute Gasteiger partial charge is 0.481 e. The highest BCUT2D eigenvalue weighted by molar-refractivity contribution is 7.99. The first kappa shape index (κ1) is 18.8. The molecule has 0 spiro atoms. The molecule has 2 atom stereocenters. The molecule has 1 heterocycles. The second-order valence-corrected chi connectivity index (χ2v) is 7.04.